The minimum Gasteiger partial charge on any atom is -0.482 e. The Balaban J connectivity index is 1.76. The molecule has 1 N–H and O–H groups in total. The van der Waals surface area contributed by atoms with Crippen LogP contribution >= 0.6 is 0 Å². The quantitative estimate of drug-likeness (QED) is 0.684. The van der Waals surface area contributed by atoms with Gasteiger partial charge in [0, 0.05) is 13.1 Å². The largest absolute Gasteiger partial charge is 0.482 e. The second-order valence-corrected chi connectivity index (χ2v) is 9.07. The van der Waals surface area contributed by atoms with E-state index in [-0.39, 0.29) is 18.0 Å². The van der Waals surface area contributed by atoms with E-state index in [1.165, 1.54) is 11.1 Å². The molecular weight excluding hydrogens is 350 g/mol. The van der Waals surface area contributed by atoms with Crippen molar-refractivity contribution in [3.05, 3.63) is 65.2 Å². The van der Waals surface area contributed by atoms with E-state index in [1.807, 2.05) is 45.0 Å². The average molecular weight is 384 g/mol. The Hall–Kier alpha value is -2.33. The summed E-state index contributed by atoms with van der Waals surface area (Å²) in [7, 11) is 0. The molecule has 0 saturated heterocycles. The molecule has 0 radical (unpaired) electrons. The van der Waals surface area contributed by atoms with E-state index < -0.39 is 5.60 Å². The normalized spacial score (nSPS) is 11.9. The van der Waals surface area contributed by atoms with Crippen molar-refractivity contribution in [3.8, 4) is 5.75 Å². The molecular formula is C24H33NO3. The van der Waals surface area contributed by atoms with E-state index >= 15 is 0 Å². The third kappa shape index (κ3) is 7.73. The fourth-order valence-corrected chi connectivity index (χ4v) is 2.69. The van der Waals surface area contributed by atoms with Crippen LogP contribution in [0, 0.1) is 0 Å². The molecule has 0 aliphatic rings. The van der Waals surface area contributed by atoms with Crippen LogP contribution in [0.1, 0.15) is 58.2 Å². The van der Waals surface area contributed by atoms with Crippen molar-refractivity contribution in [2.45, 2.75) is 65.6 Å². The lowest BCUT2D eigenvalue weighted by Gasteiger charge is -2.19. The topological polar surface area (TPSA) is 47.6 Å². The van der Waals surface area contributed by atoms with Crippen molar-refractivity contribution in [2.75, 3.05) is 6.61 Å². The van der Waals surface area contributed by atoms with Gasteiger partial charge in [0.1, 0.15) is 11.4 Å². The molecule has 2 aromatic carbocycles. The summed E-state index contributed by atoms with van der Waals surface area (Å²) in [6, 6.07) is 16.5. The molecule has 0 saturated carbocycles. The van der Waals surface area contributed by atoms with Gasteiger partial charge in [0.15, 0.2) is 6.61 Å². The van der Waals surface area contributed by atoms with Gasteiger partial charge in [0.2, 0.25) is 0 Å². The molecule has 0 unspecified atom stereocenters. The summed E-state index contributed by atoms with van der Waals surface area (Å²) in [5, 5.41) is 3.46. The number of carbonyl (C=O) groups is 1. The Morgan fingerprint density at radius 2 is 1.32 bits per heavy atom. The first kappa shape index (κ1) is 22.0. The molecule has 0 amide bonds. The summed E-state index contributed by atoms with van der Waals surface area (Å²) < 4.78 is 10.7. The lowest BCUT2D eigenvalue weighted by atomic mass is 9.87. The molecule has 152 valence electrons. The number of hydrogen-bond donors (Lipinski definition) is 1. The third-order valence-corrected chi connectivity index (χ3v) is 4.18. The maximum absolute atomic E-state index is 11.7. The fourth-order valence-electron chi connectivity index (χ4n) is 2.69. The van der Waals surface area contributed by atoms with Crippen molar-refractivity contribution in [1.29, 1.82) is 0 Å². The Bertz CT molecular complexity index is 750. The van der Waals surface area contributed by atoms with E-state index in [9.17, 15) is 4.79 Å². The van der Waals surface area contributed by atoms with E-state index in [2.05, 4.69) is 50.4 Å². The van der Waals surface area contributed by atoms with Crippen LogP contribution in [-0.4, -0.2) is 18.2 Å². The van der Waals surface area contributed by atoms with E-state index in [0.29, 0.717) is 5.75 Å². The first-order valence-corrected chi connectivity index (χ1v) is 9.77. The number of rotatable bonds is 7. The van der Waals surface area contributed by atoms with Crippen molar-refractivity contribution >= 4 is 5.97 Å². The van der Waals surface area contributed by atoms with Gasteiger partial charge in [-0.15, -0.1) is 0 Å². The summed E-state index contributed by atoms with van der Waals surface area (Å²) in [5.74, 6) is 0.295. The Morgan fingerprint density at radius 3 is 1.79 bits per heavy atom. The van der Waals surface area contributed by atoms with Gasteiger partial charge in [-0.2, -0.15) is 0 Å². The zero-order valence-electron chi connectivity index (χ0n) is 18.0. The van der Waals surface area contributed by atoms with Crippen LogP contribution in [0.4, 0.5) is 0 Å². The Morgan fingerprint density at radius 1 is 0.821 bits per heavy atom. The zero-order valence-corrected chi connectivity index (χ0v) is 18.0. The molecule has 2 aromatic rings. The van der Waals surface area contributed by atoms with Gasteiger partial charge in [-0.25, -0.2) is 4.79 Å². The summed E-state index contributed by atoms with van der Waals surface area (Å²) >= 11 is 0. The molecule has 2 rings (SSSR count). The molecule has 0 aliphatic carbocycles. The molecule has 28 heavy (non-hydrogen) atoms. The first-order valence-electron chi connectivity index (χ1n) is 9.77. The van der Waals surface area contributed by atoms with Crippen molar-refractivity contribution < 1.29 is 14.3 Å². The number of benzene rings is 2. The predicted molar refractivity (Wildman–Crippen MR) is 113 cm³/mol. The summed E-state index contributed by atoms with van der Waals surface area (Å²) in [6.07, 6.45) is 0. The van der Waals surface area contributed by atoms with Crippen molar-refractivity contribution in [2.24, 2.45) is 0 Å². The highest BCUT2D eigenvalue weighted by atomic mass is 16.6. The van der Waals surface area contributed by atoms with Gasteiger partial charge >= 0.3 is 5.97 Å². The van der Waals surface area contributed by atoms with Crippen molar-refractivity contribution in [1.82, 2.24) is 5.32 Å². The molecule has 0 aromatic heterocycles. The highest BCUT2D eigenvalue weighted by Gasteiger charge is 2.16. The van der Waals surface area contributed by atoms with Crippen LogP contribution < -0.4 is 10.1 Å². The van der Waals surface area contributed by atoms with Gasteiger partial charge in [-0.3, -0.25) is 0 Å². The average Bonchev–Trinajstić information content (AvgIpc) is 2.59. The fraction of sp³-hybridized carbons (Fsp3) is 0.458. The molecule has 0 spiro atoms. The van der Waals surface area contributed by atoms with E-state index in [1.54, 1.807) is 0 Å². The monoisotopic (exact) mass is 383 g/mol. The smallest absolute Gasteiger partial charge is 0.344 e. The van der Waals surface area contributed by atoms with Gasteiger partial charge in [0.25, 0.3) is 0 Å². The van der Waals surface area contributed by atoms with E-state index in [4.69, 9.17) is 9.47 Å². The SMILES string of the molecule is CC(C)(C)OC(=O)COc1ccc(CNCc2ccc(C(C)(C)C)cc2)cc1. The van der Waals surface area contributed by atoms with Crippen LogP contribution in [0.5, 0.6) is 5.75 Å². The highest BCUT2D eigenvalue weighted by Crippen LogP contribution is 2.22. The van der Waals surface area contributed by atoms with Gasteiger partial charge in [-0.05, 0) is 55.0 Å². The van der Waals surface area contributed by atoms with Gasteiger partial charge in [-0.1, -0.05) is 57.2 Å². The number of esters is 1. The Kier molecular flexibility index (Phi) is 7.25. The van der Waals surface area contributed by atoms with Crippen LogP contribution in [-0.2, 0) is 28.0 Å². The highest BCUT2D eigenvalue weighted by molar-refractivity contribution is 5.71. The second kappa shape index (κ2) is 9.24. The minimum atomic E-state index is -0.497. The third-order valence-electron chi connectivity index (χ3n) is 4.18. The van der Waals surface area contributed by atoms with Gasteiger partial charge < -0.3 is 14.8 Å². The minimum absolute atomic E-state index is 0.0839. The Labute approximate surface area is 169 Å². The van der Waals surface area contributed by atoms with Gasteiger partial charge in [0.05, 0.1) is 0 Å². The summed E-state index contributed by atoms with van der Waals surface area (Å²) in [4.78, 5) is 11.7. The molecule has 0 bridgehead atoms. The van der Waals surface area contributed by atoms with E-state index in [0.717, 1.165) is 18.7 Å². The van der Waals surface area contributed by atoms with Crippen LogP contribution in [0.3, 0.4) is 0 Å². The standard InChI is InChI=1S/C24H33NO3/c1-23(2,3)20-11-7-18(8-12-20)15-25-16-19-9-13-21(14-10-19)27-17-22(26)28-24(4,5)6/h7-14,25H,15-17H2,1-6H3. The number of nitrogens with one attached hydrogen (secondary N) is 1. The zero-order chi connectivity index (χ0) is 20.8. The molecule has 0 fully saturated rings. The lowest BCUT2D eigenvalue weighted by Crippen LogP contribution is -2.27. The van der Waals surface area contributed by atoms with Crippen LogP contribution in [0.2, 0.25) is 0 Å². The van der Waals surface area contributed by atoms with Crippen LogP contribution in [0.15, 0.2) is 48.5 Å². The number of carbonyl (C=O) groups excluding carboxylic acids is 1. The molecule has 0 atom stereocenters. The second-order valence-electron chi connectivity index (χ2n) is 9.07. The molecule has 4 nitrogen and oxygen atoms in total. The number of ether oxygens (including phenoxy) is 2. The predicted octanol–water partition coefficient (Wildman–Crippen LogP) is 4.99. The molecule has 0 aliphatic heterocycles. The maximum Gasteiger partial charge on any atom is 0.344 e. The molecule has 0 heterocycles. The lowest BCUT2D eigenvalue weighted by molar-refractivity contribution is -0.157. The summed E-state index contributed by atoms with van der Waals surface area (Å²) in [6.45, 7) is 13.7. The molecule has 4 heteroatoms. The first-order chi connectivity index (χ1) is 13.0. The summed E-state index contributed by atoms with van der Waals surface area (Å²) in [5.41, 5.74) is 3.46. The number of hydrogen-bond acceptors (Lipinski definition) is 4. The van der Waals surface area contributed by atoms with Crippen LogP contribution in [0.25, 0.3) is 0 Å². The van der Waals surface area contributed by atoms with Crippen molar-refractivity contribution in [3.63, 3.8) is 0 Å². The maximum atomic E-state index is 11.7.